The van der Waals surface area contributed by atoms with Crippen LogP contribution in [0.4, 0.5) is 5.69 Å². The first-order valence-electron chi connectivity index (χ1n) is 6.99. The molecule has 1 atom stereocenters. The molecule has 1 amide bonds. The number of halogens is 2. The summed E-state index contributed by atoms with van der Waals surface area (Å²) in [5.41, 5.74) is 8.04. The quantitative estimate of drug-likeness (QED) is 0.836. The Morgan fingerprint density at radius 1 is 1.43 bits per heavy atom. The molecule has 6 heteroatoms. The highest BCUT2D eigenvalue weighted by Gasteiger charge is 2.21. The summed E-state index contributed by atoms with van der Waals surface area (Å²) in [6.45, 7) is 7.23. The van der Waals surface area contributed by atoms with E-state index in [1.54, 1.807) is 6.07 Å². The molecule has 1 unspecified atom stereocenters. The van der Waals surface area contributed by atoms with Crippen LogP contribution >= 0.6 is 24.8 Å². The van der Waals surface area contributed by atoms with Crippen molar-refractivity contribution in [3.05, 3.63) is 29.3 Å². The zero-order valence-electron chi connectivity index (χ0n) is 12.6. The monoisotopic (exact) mass is 333 g/mol. The predicted molar refractivity (Wildman–Crippen MR) is 92.7 cm³/mol. The molecule has 21 heavy (non-hydrogen) atoms. The van der Waals surface area contributed by atoms with Crippen LogP contribution in [0.15, 0.2) is 18.2 Å². The highest BCUT2D eigenvalue weighted by molar-refractivity contribution is 5.96. The van der Waals surface area contributed by atoms with Crippen molar-refractivity contribution in [1.29, 1.82) is 0 Å². The first-order valence-corrected chi connectivity index (χ1v) is 6.99. The molecule has 2 rings (SSSR count). The van der Waals surface area contributed by atoms with E-state index in [-0.39, 0.29) is 36.8 Å². The fraction of sp³-hybridized carbons (Fsp3) is 0.533. The molecule has 0 spiro atoms. The minimum atomic E-state index is -0.00671. The third-order valence-electron chi connectivity index (χ3n) is 3.79. The Balaban J connectivity index is 0.00000200. The number of benzene rings is 1. The molecular formula is C15H25Cl2N3O. The fourth-order valence-electron chi connectivity index (χ4n) is 2.61. The van der Waals surface area contributed by atoms with Crippen molar-refractivity contribution < 1.29 is 4.79 Å². The van der Waals surface area contributed by atoms with Gasteiger partial charge in [-0.05, 0) is 50.6 Å². The van der Waals surface area contributed by atoms with E-state index in [1.807, 2.05) is 19.1 Å². The van der Waals surface area contributed by atoms with E-state index in [0.717, 1.165) is 38.0 Å². The topological polar surface area (TPSA) is 58.4 Å². The number of likely N-dealkylation sites (tertiary alicyclic amines) is 1. The average molecular weight is 334 g/mol. The minimum Gasteiger partial charge on any atom is -0.399 e. The first kappa shape index (κ1) is 20.0. The number of carbonyl (C=O) groups is 1. The summed E-state index contributed by atoms with van der Waals surface area (Å²) in [5.74, 6) is -0.00671. The van der Waals surface area contributed by atoms with Crippen LogP contribution in [0.3, 0.4) is 0 Å². The summed E-state index contributed by atoms with van der Waals surface area (Å²) in [4.78, 5) is 14.7. The van der Waals surface area contributed by atoms with Crippen molar-refractivity contribution in [2.75, 3.05) is 25.4 Å². The molecular weight excluding hydrogens is 309 g/mol. The Kier molecular flexibility index (Phi) is 8.71. The lowest BCUT2D eigenvalue weighted by molar-refractivity contribution is 0.0905. The summed E-state index contributed by atoms with van der Waals surface area (Å²) >= 11 is 0. The number of aryl methyl sites for hydroxylation is 1. The van der Waals surface area contributed by atoms with E-state index >= 15 is 0 Å². The Hall–Kier alpha value is -0.970. The van der Waals surface area contributed by atoms with Crippen molar-refractivity contribution in [3.8, 4) is 0 Å². The molecule has 0 aliphatic carbocycles. The number of hydrogen-bond acceptors (Lipinski definition) is 3. The van der Waals surface area contributed by atoms with E-state index in [4.69, 9.17) is 5.73 Å². The van der Waals surface area contributed by atoms with Gasteiger partial charge >= 0.3 is 0 Å². The second-order valence-corrected chi connectivity index (χ2v) is 5.28. The van der Waals surface area contributed by atoms with Gasteiger partial charge in [0.05, 0.1) is 0 Å². The normalized spacial score (nSPS) is 18.3. The summed E-state index contributed by atoms with van der Waals surface area (Å²) in [7, 11) is 0. The molecule has 0 aromatic heterocycles. The predicted octanol–water partition coefficient (Wildman–Crippen LogP) is 2.63. The van der Waals surface area contributed by atoms with Gasteiger partial charge in [-0.2, -0.15) is 0 Å². The van der Waals surface area contributed by atoms with Gasteiger partial charge in [-0.3, -0.25) is 4.79 Å². The molecule has 120 valence electrons. The first-order chi connectivity index (χ1) is 9.10. The number of piperidine rings is 1. The highest BCUT2D eigenvalue weighted by atomic mass is 35.5. The SMILES string of the molecule is CCN1CCCC(NC(=O)c2cc(N)ccc2C)C1.Cl.Cl. The molecule has 1 aromatic carbocycles. The van der Waals surface area contributed by atoms with Crippen molar-refractivity contribution in [3.63, 3.8) is 0 Å². The van der Waals surface area contributed by atoms with Crippen LogP contribution < -0.4 is 11.1 Å². The van der Waals surface area contributed by atoms with Crippen LogP contribution in [0.25, 0.3) is 0 Å². The minimum absolute atomic E-state index is 0. The van der Waals surface area contributed by atoms with Gasteiger partial charge in [-0.1, -0.05) is 13.0 Å². The number of nitrogens with two attached hydrogens (primary N) is 1. The van der Waals surface area contributed by atoms with Gasteiger partial charge in [-0.25, -0.2) is 0 Å². The molecule has 0 bridgehead atoms. The van der Waals surface area contributed by atoms with Crippen LogP contribution in [0, 0.1) is 6.92 Å². The van der Waals surface area contributed by atoms with Gasteiger partial charge < -0.3 is 16.0 Å². The molecule has 1 aliphatic rings. The summed E-state index contributed by atoms with van der Waals surface area (Å²) in [6, 6.07) is 5.72. The van der Waals surface area contributed by atoms with E-state index < -0.39 is 0 Å². The Morgan fingerprint density at radius 3 is 2.81 bits per heavy atom. The van der Waals surface area contributed by atoms with Gasteiger partial charge in [0.2, 0.25) is 0 Å². The third-order valence-corrected chi connectivity index (χ3v) is 3.79. The molecule has 0 radical (unpaired) electrons. The second kappa shape index (κ2) is 9.13. The van der Waals surface area contributed by atoms with Gasteiger partial charge in [0.25, 0.3) is 5.91 Å². The molecule has 1 saturated heterocycles. The number of amides is 1. The Bertz CT molecular complexity index is 468. The van der Waals surface area contributed by atoms with E-state index in [1.165, 1.54) is 0 Å². The van der Waals surface area contributed by atoms with Gasteiger partial charge in [0, 0.05) is 23.8 Å². The molecule has 1 heterocycles. The van der Waals surface area contributed by atoms with Gasteiger partial charge in [-0.15, -0.1) is 24.8 Å². The summed E-state index contributed by atoms with van der Waals surface area (Å²) in [5, 5.41) is 3.13. The van der Waals surface area contributed by atoms with E-state index in [2.05, 4.69) is 17.1 Å². The molecule has 1 aromatic rings. The maximum Gasteiger partial charge on any atom is 0.251 e. The lowest BCUT2D eigenvalue weighted by Gasteiger charge is -2.32. The zero-order valence-corrected chi connectivity index (χ0v) is 14.2. The zero-order chi connectivity index (χ0) is 13.8. The van der Waals surface area contributed by atoms with Crippen LogP contribution in [0.5, 0.6) is 0 Å². The number of anilines is 1. The number of hydrogen-bond donors (Lipinski definition) is 2. The number of nitrogens with zero attached hydrogens (tertiary/aromatic N) is 1. The number of likely N-dealkylation sites (N-methyl/N-ethyl adjacent to an activating group) is 1. The second-order valence-electron chi connectivity index (χ2n) is 5.28. The average Bonchev–Trinajstić information content (AvgIpc) is 2.41. The van der Waals surface area contributed by atoms with Crippen molar-refractivity contribution in [2.24, 2.45) is 0 Å². The Morgan fingerprint density at radius 2 is 2.14 bits per heavy atom. The van der Waals surface area contributed by atoms with Crippen LogP contribution in [0.1, 0.15) is 35.7 Å². The largest absolute Gasteiger partial charge is 0.399 e. The molecule has 1 fully saturated rings. The summed E-state index contributed by atoms with van der Waals surface area (Å²) < 4.78 is 0. The number of carbonyl (C=O) groups excluding carboxylic acids is 1. The Labute approximate surface area is 139 Å². The lowest BCUT2D eigenvalue weighted by Crippen LogP contribution is -2.47. The van der Waals surface area contributed by atoms with Gasteiger partial charge in [0.15, 0.2) is 0 Å². The lowest BCUT2D eigenvalue weighted by atomic mass is 10.0. The standard InChI is InChI=1S/C15H23N3O.2ClH/c1-3-18-8-4-5-13(10-18)17-15(19)14-9-12(16)7-6-11(14)2;;/h6-7,9,13H,3-5,8,10,16H2,1-2H3,(H,17,19);2*1H. The van der Waals surface area contributed by atoms with E-state index in [9.17, 15) is 4.79 Å². The maximum absolute atomic E-state index is 12.3. The van der Waals surface area contributed by atoms with Crippen LogP contribution in [0.2, 0.25) is 0 Å². The van der Waals surface area contributed by atoms with E-state index in [0.29, 0.717) is 11.3 Å². The third kappa shape index (κ3) is 5.38. The maximum atomic E-state index is 12.3. The molecule has 0 saturated carbocycles. The van der Waals surface area contributed by atoms with Gasteiger partial charge in [0.1, 0.15) is 0 Å². The van der Waals surface area contributed by atoms with Crippen LogP contribution in [-0.2, 0) is 0 Å². The smallest absolute Gasteiger partial charge is 0.251 e. The number of rotatable bonds is 3. The summed E-state index contributed by atoms with van der Waals surface area (Å²) in [6.07, 6.45) is 2.21. The van der Waals surface area contributed by atoms with Crippen molar-refractivity contribution >= 4 is 36.4 Å². The fourth-order valence-corrected chi connectivity index (χ4v) is 2.61. The number of nitrogens with one attached hydrogen (secondary N) is 1. The van der Waals surface area contributed by atoms with Crippen molar-refractivity contribution in [2.45, 2.75) is 32.7 Å². The van der Waals surface area contributed by atoms with Crippen LogP contribution in [-0.4, -0.2) is 36.5 Å². The molecule has 1 aliphatic heterocycles. The molecule has 4 nitrogen and oxygen atoms in total. The number of nitrogen functional groups attached to an aromatic ring is 1. The van der Waals surface area contributed by atoms with Crippen molar-refractivity contribution in [1.82, 2.24) is 10.2 Å². The molecule has 3 N–H and O–H groups in total. The highest BCUT2D eigenvalue weighted by Crippen LogP contribution is 2.14.